The molecular formula is C27H33NO4. The Bertz CT molecular complexity index is 900. The second kappa shape index (κ2) is 9.76. The van der Waals surface area contributed by atoms with Crippen LogP contribution in [0.2, 0.25) is 0 Å². The highest BCUT2D eigenvalue weighted by Crippen LogP contribution is 2.44. The van der Waals surface area contributed by atoms with Crippen molar-refractivity contribution in [2.45, 2.75) is 69.9 Å². The molecule has 2 fully saturated rings. The lowest BCUT2D eigenvalue weighted by molar-refractivity contribution is -0.181. The summed E-state index contributed by atoms with van der Waals surface area (Å²) in [4.78, 5) is 28.9. The Labute approximate surface area is 190 Å². The van der Waals surface area contributed by atoms with Gasteiger partial charge in [0.2, 0.25) is 0 Å². The van der Waals surface area contributed by atoms with E-state index in [2.05, 4.69) is 6.92 Å². The molecule has 1 N–H and O–H groups in total. The molecule has 0 aromatic heterocycles. The number of nitrogens with zero attached hydrogens (tertiary/aromatic N) is 1. The number of benzene rings is 2. The van der Waals surface area contributed by atoms with Crippen molar-refractivity contribution in [3.05, 3.63) is 60.2 Å². The van der Waals surface area contributed by atoms with Crippen molar-refractivity contribution in [3.63, 3.8) is 0 Å². The molecule has 2 atom stereocenters. The molecule has 5 heteroatoms. The standard InChI is InChI=1S/C27H33NO4/c1-2-18-28(22-10-4-3-5-11-22)25-24(30)19-27(32-26(25)31,21-8-6-7-9-21)17-16-20-12-14-23(29)15-13-20/h3-5,10-15,21,25,29H,2,6-9,16-19H2,1H3. The maximum absolute atomic E-state index is 13.5. The first-order valence-corrected chi connectivity index (χ1v) is 11.9. The lowest BCUT2D eigenvalue weighted by atomic mass is 9.75. The summed E-state index contributed by atoms with van der Waals surface area (Å²) in [5, 5.41) is 9.57. The number of phenolic OH excluding ortho intramolecular Hbond substituents is 1. The van der Waals surface area contributed by atoms with Crippen LogP contribution in [0.5, 0.6) is 5.75 Å². The van der Waals surface area contributed by atoms with Crippen molar-refractivity contribution < 1.29 is 19.4 Å². The molecule has 2 aromatic carbocycles. The molecule has 0 bridgehead atoms. The van der Waals surface area contributed by atoms with Crippen molar-refractivity contribution >= 4 is 17.4 Å². The molecule has 32 heavy (non-hydrogen) atoms. The Morgan fingerprint density at radius 1 is 1.03 bits per heavy atom. The van der Waals surface area contributed by atoms with Gasteiger partial charge in [0.25, 0.3) is 0 Å². The molecule has 1 aliphatic heterocycles. The highest BCUT2D eigenvalue weighted by atomic mass is 16.6. The molecule has 1 saturated heterocycles. The van der Waals surface area contributed by atoms with E-state index in [1.807, 2.05) is 47.4 Å². The van der Waals surface area contributed by atoms with Gasteiger partial charge in [-0.3, -0.25) is 4.79 Å². The Kier molecular flexibility index (Phi) is 6.83. The van der Waals surface area contributed by atoms with E-state index in [0.29, 0.717) is 19.4 Å². The van der Waals surface area contributed by atoms with Crippen LogP contribution in [0, 0.1) is 5.92 Å². The minimum Gasteiger partial charge on any atom is -0.508 e. The molecule has 0 amide bonds. The number of esters is 1. The Hall–Kier alpha value is -2.82. The average Bonchev–Trinajstić information content (AvgIpc) is 3.34. The molecule has 0 radical (unpaired) electrons. The van der Waals surface area contributed by atoms with Gasteiger partial charge in [-0.25, -0.2) is 4.79 Å². The number of hydrogen-bond donors (Lipinski definition) is 1. The predicted octanol–water partition coefficient (Wildman–Crippen LogP) is 5.06. The predicted molar refractivity (Wildman–Crippen MR) is 125 cm³/mol. The molecule has 170 valence electrons. The summed E-state index contributed by atoms with van der Waals surface area (Å²) < 4.78 is 6.28. The van der Waals surface area contributed by atoms with Crippen molar-refractivity contribution in [2.75, 3.05) is 11.4 Å². The number of phenols is 1. The summed E-state index contributed by atoms with van der Waals surface area (Å²) in [5.74, 6) is 0.0235. The largest absolute Gasteiger partial charge is 0.508 e. The van der Waals surface area contributed by atoms with Gasteiger partial charge in [0.1, 0.15) is 11.4 Å². The maximum atomic E-state index is 13.5. The zero-order chi connectivity index (χ0) is 22.6. The van der Waals surface area contributed by atoms with Crippen LogP contribution < -0.4 is 4.90 Å². The number of anilines is 1. The van der Waals surface area contributed by atoms with Gasteiger partial charge in [-0.2, -0.15) is 0 Å². The van der Waals surface area contributed by atoms with Gasteiger partial charge in [0.15, 0.2) is 11.8 Å². The lowest BCUT2D eigenvalue weighted by Crippen LogP contribution is -2.59. The number of ketones is 1. The van der Waals surface area contributed by atoms with Crippen molar-refractivity contribution in [1.82, 2.24) is 0 Å². The second-order valence-electron chi connectivity index (χ2n) is 9.21. The van der Waals surface area contributed by atoms with Crippen molar-refractivity contribution in [2.24, 2.45) is 5.92 Å². The smallest absolute Gasteiger partial charge is 0.337 e. The molecule has 0 spiro atoms. The monoisotopic (exact) mass is 435 g/mol. The van der Waals surface area contributed by atoms with E-state index >= 15 is 0 Å². The van der Waals surface area contributed by atoms with E-state index in [1.54, 1.807) is 12.1 Å². The van der Waals surface area contributed by atoms with Gasteiger partial charge in [-0.15, -0.1) is 0 Å². The fraction of sp³-hybridized carbons (Fsp3) is 0.481. The van der Waals surface area contributed by atoms with E-state index in [0.717, 1.165) is 43.4 Å². The number of Topliss-reactive ketones (excluding diaryl/α,β-unsaturated/α-hetero) is 1. The fourth-order valence-electron chi connectivity index (χ4n) is 5.43. The molecule has 2 aromatic rings. The molecule has 1 aliphatic carbocycles. The van der Waals surface area contributed by atoms with E-state index in [4.69, 9.17) is 4.74 Å². The molecule has 1 saturated carbocycles. The number of carbonyl (C=O) groups excluding carboxylic acids is 2. The number of hydrogen-bond acceptors (Lipinski definition) is 5. The number of aromatic hydroxyl groups is 1. The summed E-state index contributed by atoms with van der Waals surface area (Å²) >= 11 is 0. The third-order valence-electron chi connectivity index (χ3n) is 7.04. The van der Waals surface area contributed by atoms with Crippen LogP contribution in [0.1, 0.15) is 57.4 Å². The molecule has 5 nitrogen and oxygen atoms in total. The highest BCUT2D eigenvalue weighted by Gasteiger charge is 2.52. The second-order valence-corrected chi connectivity index (χ2v) is 9.21. The number of para-hydroxylation sites is 1. The number of ether oxygens (including phenoxy) is 1. The minimum atomic E-state index is -0.874. The number of aryl methyl sites for hydroxylation is 1. The summed E-state index contributed by atoms with van der Waals surface area (Å²) in [5.41, 5.74) is 1.22. The summed E-state index contributed by atoms with van der Waals surface area (Å²) in [6.07, 6.45) is 6.68. The fourth-order valence-corrected chi connectivity index (χ4v) is 5.43. The minimum absolute atomic E-state index is 0.0313. The number of rotatable bonds is 8. The first-order chi connectivity index (χ1) is 15.5. The van der Waals surface area contributed by atoms with E-state index in [1.165, 1.54) is 0 Å². The van der Waals surface area contributed by atoms with E-state index < -0.39 is 17.6 Å². The first-order valence-electron chi connectivity index (χ1n) is 11.9. The summed E-state index contributed by atoms with van der Waals surface area (Å²) in [6, 6.07) is 15.9. The van der Waals surface area contributed by atoms with Gasteiger partial charge >= 0.3 is 5.97 Å². The number of cyclic esters (lactones) is 1. The van der Waals surface area contributed by atoms with Crippen LogP contribution in [-0.4, -0.2) is 35.0 Å². The van der Waals surface area contributed by atoms with Gasteiger partial charge in [-0.1, -0.05) is 50.1 Å². The van der Waals surface area contributed by atoms with Crippen molar-refractivity contribution in [3.8, 4) is 5.75 Å². The molecule has 2 aliphatic rings. The topological polar surface area (TPSA) is 66.8 Å². The number of carbonyl (C=O) groups is 2. The van der Waals surface area contributed by atoms with Crippen LogP contribution in [0.3, 0.4) is 0 Å². The third kappa shape index (κ3) is 4.67. The van der Waals surface area contributed by atoms with E-state index in [-0.39, 0.29) is 23.9 Å². The van der Waals surface area contributed by atoms with Crippen LogP contribution in [-0.2, 0) is 20.7 Å². The summed E-state index contributed by atoms with van der Waals surface area (Å²) in [6.45, 7) is 2.68. The molecule has 4 rings (SSSR count). The van der Waals surface area contributed by atoms with Gasteiger partial charge in [0, 0.05) is 18.7 Å². The first kappa shape index (κ1) is 22.4. The Morgan fingerprint density at radius 3 is 2.34 bits per heavy atom. The van der Waals surface area contributed by atoms with Crippen LogP contribution in [0.4, 0.5) is 5.69 Å². The molecule has 1 heterocycles. The van der Waals surface area contributed by atoms with Gasteiger partial charge < -0.3 is 14.7 Å². The normalized spacial score (nSPS) is 23.8. The third-order valence-corrected chi connectivity index (χ3v) is 7.04. The molecule has 2 unspecified atom stereocenters. The summed E-state index contributed by atoms with van der Waals surface area (Å²) in [7, 11) is 0. The Balaban J connectivity index is 1.58. The maximum Gasteiger partial charge on any atom is 0.337 e. The van der Waals surface area contributed by atoms with Crippen LogP contribution in [0.15, 0.2) is 54.6 Å². The zero-order valence-electron chi connectivity index (χ0n) is 18.8. The SMILES string of the molecule is CCCN(c1ccccc1)C1C(=O)CC(CCc2ccc(O)cc2)(C2CCCC2)OC1=O. The van der Waals surface area contributed by atoms with Crippen molar-refractivity contribution in [1.29, 1.82) is 0 Å². The lowest BCUT2D eigenvalue weighted by Gasteiger charge is -2.45. The quantitative estimate of drug-likeness (QED) is 0.464. The zero-order valence-corrected chi connectivity index (χ0v) is 18.8. The van der Waals surface area contributed by atoms with Crippen LogP contribution in [0.25, 0.3) is 0 Å². The Morgan fingerprint density at radius 2 is 1.72 bits per heavy atom. The average molecular weight is 436 g/mol. The van der Waals surface area contributed by atoms with Crippen LogP contribution >= 0.6 is 0 Å². The van der Waals surface area contributed by atoms with E-state index in [9.17, 15) is 14.7 Å². The van der Waals surface area contributed by atoms with Gasteiger partial charge in [-0.05, 0) is 67.9 Å². The highest BCUT2D eigenvalue weighted by molar-refractivity contribution is 6.08. The molecular weight excluding hydrogens is 402 g/mol. The van der Waals surface area contributed by atoms with Gasteiger partial charge in [0.05, 0.1) is 0 Å².